The number of aliphatic imine (C=N–C) groups is 1. The molecule has 1 fully saturated rings. The summed E-state index contributed by atoms with van der Waals surface area (Å²) in [5.41, 5.74) is 0. The van der Waals surface area contributed by atoms with Gasteiger partial charge in [-0.25, -0.2) is 17.7 Å². The second-order valence-electron chi connectivity index (χ2n) is 6.93. The molecule has 9 heteroatoms. The van der Waals surface area contributed by atoms with Gasteiger partial charge in [0.1, 0.15) is 0 Å². The van der Waals surface area contributed by atoms with Crippen LogP contribution < -0.4 is 5.32 Å². The van der Waals surface area contributed by atoms with Gasteiger partial charge in [0.25, 0.3) is 0 Å². The van der Waals surface area contributed by atoms with E-state index in [1.165, 1.54) is 4.31 Å². The van der Waals surface area contributed by atoms with Crippen LogP contribution in [0.25, 0.3) is 0 Å². The van der Waals surface area contributed by atoms with Gasteiger partial charge in [-0.05, 0) is 19.3 Å². The van der Waals surface area contributed by atoms with Crippen molar-refractivity contribution in [3.63, 3.8) is 0 Å². The predicted molar refractivity (Wildman–Crippen MR) is 109 cm³/mol. The molecule has 154 valence electrons. The smallest absolute Gasteiger partial charge is 0.215 e. The van der Waals surface area contributed by atoms with Gasteiger partial charge in [0.2, 0.25) is 10.0 Å². The molecule has 0 spiro atoms. The lowest BCUT2D eigenvalue weighted by Gasteiger charge is -2.39. The molecule has 0 saturated carbocycles. The van der Waals surface area contributed by atoms with Crippen molar-refractivity contribution in [3.05, 3.63) is 18.7 Å². The van der Waals surface area contributed by atoms with Crippen LogP contribution in [0.5, 0.6) is 0 Å². The van der Waals surface area contributed by atoms with E-state index in [0.29, 0.717) is 25.0 Å². The van der Waals surface area contributed by atoms with Gasteiger partial charge in [-0.2, -0.15) is 0 Å². The topological polar surface area (TPSA) is 82.8 Å². The van der Waals surface area contributed by atoms with E-state index in [4.69, 9.17) is 0 Å². The summed E-state index contributed by atoms with van der Waals surface area (Å²) >= 11 is 0. The number of piperidine rings is 1. The maximum Gasteiger partial charge on any atom is 0.215 e. The minimum absolute atomic E-state index is 0.0404. The highest BCUT2D eigenvalue weighted by atomic mass is 32.2. The van der Waals surface area contributed by atoms with Crippen LogP contribution in [0, 0.1) is 5.92 Å². The number of likely N-dealkylation sites (tertiary alicyclic amines) is 1. The second kappa shape index (κ2) is 10.1. The van der Waals surface area contributed by atoms with Crippen LogP contribution in [0.1, 0.15) is 40.2 Å². The van der Waals surface area contributed by atoms with Crippen LogP contribution in [0.15, 0.2) is 23.7 Å². The van der Waals surface area contributed by atoms with Crippen molar-refractivity contribution in [2.75, 3.05) is 45.0 Å². The van der Waals surface area contributed by atoms with Gasteiger partial charge in [0.05, 0.1) is 24.7 Å². The third kappa shape index (κ3) is 5.68. The molecule has 0 aromatic carbocycles. The first-order valence-corrected chi connectivity index (χ1v) is 11.5. The molecule has 27 heavy (non-hydrogen) atoms. The molecule has 1 aliphatic rings. The number of guanidine groups is 1. The largest absolute Gasteiger partial charge is 0.357 e. The van der Waals surface area contributed by atoms with E-state index in [2.05, 4.69) is 31.7 Å². The maximum atomic E-state index is 12.4. The fourth-order valence-corrected chi connectivity index (χ4v) is 4.90. The average molecular weight is 399 g/mol. The van der Waals surface area contributed by atoms with E-state index in [1.807, 2.05) is 39.5 Å². The van der Waals surface area contributed by atoms with Gasteiger partial charge in [-0.3, -0.25) is 4.99 Å². The Balaban J connectivity index is 2.06. The summed E-state index contributed by atoms with van der Waals surface area (Å²) in [5, 5.41) is 3.32. The Hall–Kier alpha value is -1.61. The summed E-state index contributed by atoms with van der Waals surface area (Å²) in [6, 6.07) is 0.338. The van der Waals surface area contributed by atoms with Crippen molar-refractivity contribution in [2.24, 2.45) is 10.9 Å². The molecule has 2 atom stereocenters. The summed E-state index contributed by atoms with van der Waals surface area (Å²) in [5.74, 6) is 1.39. The monoisotopic (exact) mass is 398 g/mol. The van der Waals surface area contributed by atoms with Gasteiger partial charge >= 0.3 is 0 Å². The molecule has 1 aliphatic heterocycles. The van der Waals surface area contributed by atoms with Gasteiger partial charge in [-0.15, -0.1) is 0 Å². The number of hydrogen-bond donors (Lipinski definition) is 1. The first kappa shape index (κ1) is 21.7. The molecule has 1 N–H and O–H groups in total. The Morgan fingerprint density at radius 1 is 1.33 bits per heavy atom. The Labute approximate surface area is 163 Å². The van der Waals surface area contributed by atoms with Crippen LogP contribution in [0.4, 0.5) is 0 Å². The number of nitrogens with zero attached hydrogens (tertiary/aromatic N) is 5. The van der Waals surface area contributed by atoms with Crippen molar-refractivity contribution in [1.29, 1.82) is 0 Å². The molecule has 8 nitrogen and oxygen atoms in total. The van der Waals surface area contributed by atoms with Crippen LogP contribution in [-0.2, 0) is 10.0 Å². The standard InChI is InChI=1S/C18H34N6O2S/c1-5-20-18(21-10-13-27(25,26)24(6-2)7-3)22-11-8-16(4)17(14-22)23-12-9-19-15-23/h9,12,15-17H,5-8,10-11,13-14H2,1-4H3,(H,20,21). The van der Waals surface area contributed by atoms with Crippen molar-refractivity contribution >= 4 is 16.0 Å². The van der Waals surface area contributed by atoms with Crippen LogP contribution in [0.2, 0.25) is 0 Å². The van der Waals surface area contributed by atoms with Crippen LogP contribution in [0.3, 0.4) is 0 Å². The lowest BCUT2D eigenvalue weighted by molar-refractivity contribution is 0.189. The predicted octanol–water partition coefficient (Wildman–Crippen LogP) is 1.40. The van der Waals surface area contributed by atoms with E-state index in [9.17, 15) is 8.42 Å². The van der Waals surface area contributed by atoms with Crippen molar-refractivity contribution < 1.29 is 8.42 Å². The number of sulfonamides is 1. The van der Waals surface area contributed by atoms with Gasteiger partial charge in [0, 0.05) is 45.1 Å². The SMILES string of the molecule is CCNC(=NCCS(=O)(=O)N(CC)CC)N1CCC(C)C(n2ccnc2)C1. The molecule has 1 aromatic rings. The average Bonchev–Trinajstić information content (AvgIpc) is 3.16. The highest BCUT2D eigenvalue weighted by molar-refractivity contribution is 7.89. The highest BCUT2D eigenvalue weighted by Crippen LogP contribution is 2.27. The van der Waals surface area contributed by atoms with Crippen molar-refractivity contribution in [2.45, 2.75) is 40.2 Å². The van der Waals surface area contributed by atoms with Crippen LogP contribution >= 0.6 is 0 Å². The van der Waals surface area contributed by atoms with E-state index < -0.39 is 10.0 Å². The van der Waals surface area contributed by atoms with E-state index in [1.54, 1.807) is 0 Å². The zero-order chi connectivity index (χ0) is 19.9. The summed E-state index contributed by atoms with van der Waals surface area (Å²) in [4.78, 5) is 11.0. The highest BCUT2D eigenvalue weighted by Gasteiger charge is 2.29. The summed E-state index contributed by atoms with van der Waals surface area (Å²) in [6.45, 7) is 11.8. The summed E-state index contributed by atoms with van der Waals surface area (Å²) in [6.07, 6.45) is 6.74. The normalized spacial score (nSPS) is 21.7. The van der Waals surface area contributed by atoms with Crippen molar-refractivity contribution in [1.82, 2.24) is 24.1 Å². The third-order valence-corrected chi connectivity index (χ3v) is 7.17. The quantitative estimate of drug-likeness (QED) is 0.529. The molecule has 0 amide bonds. The van der Waals surface area contributed by atoms with Gasteiger partial charge in [0.15, 0.2) is 5.96 Å². The number of imidazole rings is 1. The summed E-state index contributed by atoms with van der Waals surface area (Å²) in [7, 11) is -3.25. The summed E-state index contributed by atoms with van der Waals surface area (Å²) < 4.78 is 28.4. The maximum absolute atomic E-state index is 12.4. The lowest BCUT2D eigenvalue weighted by atomic mass is 9.93. The van der Waals surface area contributed by atoms with Crippen LogP contribution in [-0.4, -0.2) is 78.2 Å². The minimum Gasteiger partial charge on any atom is -0.357 e. The number of nitrogens with one attached hydrogen (secondary N) is 1. The fourth-order valence-electron chi connectivity index (χ4n) is 3.53. The number of aromatic nitrogens is 2. The Kier molecular flexibility index (Phi) is 8.09. The fraction of sp³-hybridized carbons (Fsp3) is 0.778. The first-order chi connectivity index (χ1) is 12.9. The molecule has 0 radical (unpaired) electrons. The Morgan fingerprint density at radius 3 is 2.67 bits per heavy atom. The van der Waals surface area contributed by atoms with Gasteiger partial charge in [-0.1, -0.05) is 20.8 Å². The molecule has 0 aliphatic carbocycles. The molecule has 2 heterocycles. The molecule has 0 bridgehead atoms. The lowest BCUT2D eigenvalue weighted by Crippen LogP contribution is -2.49. The third-order valence-electron chi connectivity index (χ3n) is 5.17. The molecule has 2 rings (SSSR count). The van der Waals surface area contributed by atoms with E-state index >= 15 is 0 Å². The Morgan fingerprint density at radius 2 is 2.07 bits per heavy atom. The van der Waals surface area contributed by atoms with Gasteiger partial charge < -0.3 is 14.8 Å². The van der Waals surface area contributed by atoms with Crippen molar-refractivity contribution in [3.8, 4) is 0 Å². The Bertz CT molecular complexity index is 685. The minimum atomic E-state index is -3.25. The molecule has 1 saturated heterocycles. The zero-order valence-corrected chi connectivity index (χ0v) is 17.8. The number of hydrogen-bond acceptors (Lipinski definition) is 4. The first-order valence-electron chi connectivity index (χ1n) is 9.91. The molecular formula is C18H34N6O2S. The zero-order valence-electron chi connectivity index (χ0n) is 17.0. The van der Waals surface area contributed by atoms with E-state index in [-0.39, 0.29) is 12.3 Å². The number of rotatable bonds is 8. The molecule has 1 aromatic heterocycles. The van der Waals surface area contributed by atoms with E-state index in [0.717, 1.165) is 32.0 Å². The molecular weight excluding hydrogens is 364 g/mol. The second-order valence-corrected chi connectivity index (χ2v) is 9.01. The molecule has 2 unspecified atom stereocenters.